The van der Waals surface area contributed by atoms with Gasteiger partial charge in [0.15, 0.2) is 0 Å². The zero-order valence-electron chi connectivity index (χ0n) is 22.5. The van der Waals surface area contributed by atoms with E-state index in [-0.39, 0.29) is 17.4 Å². The van der Waals surface area contributed by atoms with Crippen molar-refractivity contribution in [3.8, 4) is 5.75 Å². The van der Waals surface area contributed by atoms with Gasteiger partial charge in [-0.05, 0) is 107 Å². The molecule has 0 fully saturated rings. The predicted octanol–water partition coefficient (Wildman–Crippen LogP) is 10.4. The van der Waals surface area contributed by atoms with E-state index in [9.17, 15) is 13.9 Å². The van der Waals surface area contributed by atoms with Crippen molar-refractivity contribution in [3.05, 3.63) is 186 Å². The molecule has 0 saturated carbocycles. The first-order chi connectivity index (χ1) is 20.5. The Morgan fingerprint density at radius 2 is 0.690 bits per heavy atom. The molecule has 6 rings (SSSR count). The van der Waals surface area contributed by atoms with Gasteiger partial charge < -0.3 is 5.11 Å². The lowest BCUT2D eigenvalue weighted by Gasteiger charge is -2.37. The maximum atomic E-state index is 13.4. The highest BCUT2D eigenvalue weighted by molar-refractivity contribution is 7.99. The SMILES string of the molecule is Oc1ccc(C(c2ccccc2)(c2ccc(Sc3ccc(F)cc3)cc2)c2ccc(Sc3ccc(F)cc3)cc2)cc1. The number of phenolic OH excluding ortho intramolecular Hbond substituents is 1. The molecule has 0 radical (unpaired) electrons. The number of benzene rings is 6. The highest BCUT2D eigenvalue weighted by atomic mass is 32.2. The van der Waals surface area contributed by atoms with Crippen LogP contribution in [0.3, 0.4) is 0 Å². The van der Waals surface area contributed by atoms with E-state index in [0.29, 0.717) is 0 Å². The van der Waals surface area contributed by atoms with Crippen LogP contribution in [0.2, 0.25) is 0 Å². The van der Waals surface area contributed by atoms with Gasteiger partial charge in [-0.15, -0.1) is 0 Å². The van der Waals surface area contributed by atoms with E-state index < -0.39 is 5.41 Å². The Bertz CT molecular complexity index is 1660. The highest BCUT2D eigenvalue weighted by Gasteiger charge is 2.38. The molecule has 6 aromatic rings. The van der Waals surface area contributed by atoms with Crippen LogP contribution < -0.4 is 0 Å². The van der Waals surface area contributed by atoms with E-state index in [4.69, 9.17) is 0 Å². The van der Waals surface area contributed by atoms with Crippen LogP contribution in [-0.2, 0) is 5.41 Å². The lowest BCUT2D eigenvalue weighted by atomic mass is 9.65. The molecule has 0 saturated heterocycles. The summed E-state index contributed by atoms with van der Waals surface area (Å²) in [4.78, 5) is 4.02. The Hall–Kier alpha value is -4.32. The second-order valence-electron chi connectivity index (χ2n) is 9.82. The molecular formula is C37H26F2OS2. The van der Waals surface area contributed by atoms with Crippen molar-refractivity contribution in [1.82, 2.24) is 0 Å². The largest absolute Gasteiger partial charge is 0.508 e. The van der Waals surface area contributed by atoms with Crippen LogP contribution in [0.1, 0.15) is 22.3 Å². The predicted molar refractivity (Wildman–Crippen MR) is 167 cm³/mol. The van der Waals surface area contributed by atoms with Crippen molar-refractivity contribution < 1.29 is 13.9 Å². The molecule has 6 aromatic carbocycles. The zero-order chi connectivity index (χ0) is 28.9. The molecule has 0 bridgehead atoms. The molecule has 0 aliphatic rings. The summed E-state index contributed by atoms with van der Waals surface area (Å²) in [5.41, 5.74) is 3.58. The van der Waals surface area contributed by atoms with Gasteiger partial charge >= 0.3 is 0 Å². The van der Waals surface area contributed by atoms with Gasteiger partial charge in [-0.2, -0.15) is 0 Å². The lowest BCUT2D eigenvalue weighted by Crippen LogP contribution is -2.31. The minimum Gasteiger partial charge on any atom is -0.508 e. The van der Waals surface area contributed by atoms with Crippen molar-refractivity contribution in [2.75, 3.05) is 0 Å². The van der Waals surface area contributed by atoms with Crippen molar-refractivity contribution in [1.29, 1.82) is 0 Å². The summed E-state index contributed by atoms with van der Waals surface area (Å²) >= 11 is 3.17. The summed E-state index contributed by atoms with van der Waals surface area (Å²) in [6.07, 6.45) is 0. The number of aromatic hydroxyl groups is 1. The van der Waals surface area contributed by atoms with Gasteiger partial charge in [-0.1, -0.05) is 90.3 Å². The van der Waals surface area contributed by atoms with Crippen molar-refractivity contribution in [2.24, 2.45) is 0 Å². The smallest absolute Gasteiger partial charge is 0.123 e. The fourth-order valence-corrected chi connectivity index (χ4v) is 6.86. The van der Waals surface area contributed by atoms with Crippen LogP contribution in [0.4, 0.5) is 8.78 Å². The molecule has 42 heavy (non-hydrogen) atoms. The molecule has 0 heterocycles. The zero-order valence-corrected chi connectivity index (χ0v) is 24.1. The molecule has 206 valence electrons. The average Bonchev–Trinajstić information content (AvgIpc) is 3.03. The van der Waals surface area contributed by atoms with Crippen LogP contribution in [0, 0.1) is 11.6 Å². The van der Waals surface area contributed by atoms with E-state index in [0.717, 1.165) is 41.8 Å². The molecule has 5 heteroatoms. The van der Waals surface area contributed by atoms with Crippen molar-refractivity contribution >= 4 is 23.5 Å². The third-order valence-electron chi connectivity index (χ3n) is 7.18. The Morgan fingerprint density at radius 1 is 0.381 bits per heavy atom. The van der Waals surface area contributed by atoms with Crippen LogP contribution in [-0.4, -0.2) is 5.11 Å². The minimum atomic E-state index is -0.674. The summed E-state index contributed by atoms with van der Waals surface area (Å²) < 4.78 is 26.9. The summed E-state index contributed by atoms with van der Waals surface area (Å²) in [6.45, 7) is 0. The molecule has 0 aromatic heterocycles. The molecule has 0 spiro atoms. The fraction of sp³-hybridized carbons (Fsp3) is 0.0270. The Labute approximate surface area is 252 Å². The van der Waals surface area contributed by atoms with Crippen LogP contribution in [0.25, 0.3) is 0 Å². The number of phenols is 1. The number of hydrogen-bond acceptors (Lipinski definition) is 3. The van der Waals surface area contributed by atoms with Gasteiger partial charge in [-0.3, -0.25) is 0 Å². The Balaban J connectivity index is 1.46. The normalized spacial score (nSPS) is 11.4. The third-order valence-corrected chi connectivity index (χ3v) is 9.21. The van der Waals surface area contributed by atoms with Crippen LogP contribution in [0.15, 0.2) is 171 Å². The molecule has 0 aliphatic heterocycles. The van der Waals surface area contributed by atoms with Crippen LogP contribution >= 0.6 is 23.5 Å². The summed E-state index contributed by atoms with van der Waals surface area (Å²) in [7, 11) is 0. The van der Waals surface area contributed by atoms with E-state index >= 15 is 0 Å². The van der Waals surface area contributed by atoms with E-state index in [1.54, 1.807) is 59.9 Å². The van der Waals surface area contributed by atoms with Crippen LogP contribution in [0.5, 0.6) is 5.75 Å². The van der Waals surface area contributed by atoms with Gasteiger partial charge in [0.25, 0.3) is 0 Å². The monoisotopic (exact) mass is 588 g/mol. The average molecular weight is 589 g/mol. The molecule has 0 unspecified atom stereocenters. The fourth-order valence-electron chi connectivity index (χ4n) is 5.22. The maximum Gasteiger partial charge on any atom is 0.123 e. The van der Waals surface area contributed by atoms with E-state index in [1.165, 1.54) is 24.3 Å². The van der Waals surface area contributed by atoms with E-state index in [1.807, 2.05) is 30.3 Å². The molecular weight excluding hydrogens is 563 g/mol. The van der Waals surface area contributed by atoms with Gasteiger partial charge in [0, 0.05) is 19.6 Å². The quantitative estimate of drug-likeness (QED) is 0.179. The number of halogens is 2. The standard InChI is InChI=1S/C37H26F2OS2/c38-30-12-22-35(23-13-30)41-33-18-8-28(9-19-33)37(26-4-2-1-3-5-26,27-6-16-32(40)17-7-27)29-10-20-34(21-11-29)42-36-24-14-31(39)15-25-36/h1-25,40H. The molecule has 1 N–H and O–H groups in total. The summed E-state index contributed by atoms with van der Waals surface area (Å²) in [6, 6.07) is 47.8. The first-order valence-electron chi connectivity index (χ1n) is 13.4. The van der Waals surface area contributed by atoms with Crippen molar-refractivity contribution in [3.63, 3.8) is 0 Å². The topological polar surface area (TPSA) is 20.2 Å². The highest BCUT2D eigenvalue weighted by Crippen LogP contribution is 2.46. The van der Waals surface area contributed by atoms with Gasteiger partial charge in [-0.25, -0.2) is 8.78 Å². The van der Waals surface area contributed by atoms with E-state index in [2.05, 4.69) is 60.7 Å². The van der Waals surface area contributed by atoms with Gasteiger partial charge in [0.2, 0.25) is 0 Å². The molecule has 0 aliphatic carbocycles. The second-order valence-corrected chi connectivity index (χ2v) is 12.1. The molecule has 0 atom stereocenters. The molecule has 0 amide bonds. The number of rotatable bonds is 8. The minimum absolute atomic E-state index is 0.206. The third kappa shape index (κ3) is 5.85. The van der Waals surface area contributed by atoms with Gasteiger partial charge in [0.1, 0.15) is 17.4 Å². The Morgan fingerprint density at radius 3 is 1.07 bits per heavy atom. The summed E-state index contributed by atoms with van der Waals surface area (Å²) in [5.74, 6) is -0.297. The lowest BCUT2D eigenvalue weighted by molar-refractivity contribution is 0.475. The first-order valence-corrected chi connectivity index (χ1v) is 15.1. The second kappa shape index (κ2) is 12.3. The number of hydrogen-bond donors (Lipinski definition) is 1. The Kier molecular flexibility index (Phi) is 8.13. The summed E-state index contributed by atoms with van der Waals surface area (Å²) in [5, 5.41) is 10.2. The molecule has 1 nitrogen and oxygen atoms in total. The van der Waals surface area contributed by atoms with Crippen molar-refractivity contribution in [2.45, 2.75) is 25.0 Å². The van der Waals surface area contributed by atoms with Gasteiger partial charge in [0.05, 0.1) is 5.41 Å². The maximum absolute atomic E-state index is 13.4. The first kappa shape index (κ1) is 27.8.